The van der Waals surface area contributed by atoms with E-state index in [2.05, 4.69) is 24.4 Å². The van der Waals surface area contributed by atoms with Crippen LogP contribution in [0.15, 0.2) is 59.5 Å². The van der Waals surface area contributed by atoms with E-state index in [4.69, 9.17) is 0 Å². The quantitative estimate of drug-likeness (QED) is 0.761. The highest BCUT2D eigenvalue weighted by molar-refractivity contribution is 7.99. The van der Waals surface area contributed by atoms with Crippen LogP contribution in [-0.4, -0.2) is 17.7 Å². The molecule has 2 nitrogen and oxygen atoms in total. The second-order valence-electron chi connectivity index (χ2n) is 5.04. The number of amides is 1. The number of rotatable bonds is 7. The molecule has 0 heterocycles. The van der Waals surface area contributed by atoms with Gasteiger partial charge in [-0.25, -0.2) is 4.39 Å². The van der Waals surface area contributed by atoms with Crippen molar-refractivity contribution in [2.24, 2.45) is 0 Å². The summed E-state index contributed by atoms with van der Waals surface area (Å²) in [5.74, 6) is 0.478. The minimum atomic E-state index is -0.331. The summed E-state index contributed by atoms with van der Waals surface area (Å²) < 4.78 is 12.9. The highest BCUT2D eigenvalue weighted by atomic mass is 32.2. The van der Waals surface area contributed by atoms with Gasteiger partial charge in [-0.15, -0.1) is 11.8 Å². The number of carbonyl (C=O) groups is 1. The summed E-state index contributed by atoms with van der Waals surface area (Å²) in [5, 5.41) is 3.01. The molecule has 2 aromatic carbocycles. The van der Waals surface area contributed by atoms with Gasteiger partial charge in [0.25, 0.3) is 5.91 Å². The van der Waals surface area contributed by atoms with E-state index in [0.717, 1.165) is 18.6 Å². The molecule has 2 aromatic rings. The van der Waals surface area contributed by atoms with Crippen molar-refractivity contribution in [3.63, 3.8) is 0 Å². The Morgan fingerprint density at radius 2 is 1.82 bits per heavy atom. The lowest BCUT2D eigenvalue weighted by atomic mass is 10.1. The van der Waals surface area contributed by atoms with Crippen LogP contribution in [0.5, 0.6) is 0 Å². The maximum atomic E-state index is 12.9. The Kier molecular flexibility index (Phi) is 6.46. The Morgan fingerprint density at radius 1 is 1.14 bits per heavy atom. The first-order valence-corrected chi connectivity index (χ1v) is 8.42. The molecule has 1 amide bonds. The molecule has 0 spiro atoms. The maximum Gasteiger partial charge on any atom is 0.251 e. The lowest BCUT2D eigenvalue weighted by molar-refractivity contribution is 0.0935. The molecule has 2 rings (SSSR count). The van der Waals surface area contributed by atoms with Crippen LogP contribution >= 0.6 is 11.8 Å². The van der Waals surface area contributed by atoms with Gasteiger partial charge in [-0.3, -0.25) is 4.79 Å². The van der Waals surface area contributed by atoms with Gasteiger partial charge in [0.1, 0.15) is 5.82 Å². The summed E-state index contributed by atoms with van der Waals surface area (Å²) in [6, 6.07) is 16.0. The standard InChI is InChI=1S/C18H20FNOS/c1-2-16(12-13-22-17-6-4-3-5-7-17)20-18(21)14-8-10-15(19)11-9-14/h3-11,16H,2,12-13H2,1H3,(H,20,21)/t16-/m1/s1. The lowest BCUT2D eigenvalue weighted by Crippen LogP contribution is -2.34. The maximum absolute atomic E-state index is 12.9. The molecule has 116 valence electrons. The van der Waals surface area contributed by atoms with Gasteiger partial charge in [0.2, 0.25) is 0 Å². The largest absolute Gasteiger partial charge is 0.349 e. The van der Waals surface area contributed by atoms with Crippen molar-refractivity contribution < 1.29 is 9.18 Å². The third-order valence-corrected chi connectivity index (χ3v) is 4.46. The Labute approximate surface area is 135 Å². The van der Waals surface area contributed by atoms with E-state index in [1.54, 1.807) is 11.8 Å². The van der Waals surface area contributed by atoms with E-state index in [1.807, 2.05) is 18.2 Å². The highest BCUT2D eigenvalue weighted by Crippen LogP contribution is 2.19. The molecule has 0 aliphatic heterocycles. The van der Waals surface area contributed by atoms with Crippen LogP contribution < -0.4 is 5.32 Å². The van der Waals surface area contributed by atoms with E-state index in [0.29, 0.717) is 5.56 Å². The summed E-state index contributed by atoms with van der Waals surface area (Å²) >= 11 is 1.79. The smallest absolute Gasteiger partial charge is 0.251 e. The van der Waals surface area contributed by atoms with Crippen LogP contribution in [0.3, 0.4) is 0 Å². The van der Waals surface area contributed by atoms with Gasteiger partial charge in [0.15, 0.2) is 0 Å². The third-order valence-electron chi connectivity index (χ3n) is 3.41. The normalized spacial score (nSPS) is 11.9. The molecule has 22 heavy (non-hydrogen) atoms. The first-order chi connectivity index (χ1) is 10.7. The van der Waals surface area contributed by atoms with Crippen molar-refractivity contribution in [2.75, 3.05) is 5.75 Å². The van der Waals surface area contributed by atoms with E-state index >= 15 is 0 Å². The van der Waals surface area contributed by atoms with Gasteiger partial charge in [-0.2, -0.15) is 0 Å². The van der Waals surface area contributed by atoms with Crippen LogP contribution in [0.2, 0.25) is 0 Å². The zero-order valence-corrected chi connectivity index (χ0v) is 13.4. The van der Waals surface area contributed by atoms with Gasteiger partial charge in [-0.1, -0.05) is 25.1 Å². The van der Waals surface area contributed by atoms with Crippen LogP contribution in [0, 0.1) is 5.82 Å². The molecule has 1 atom stereocenters. The Balaban J connectivity index is 1.81. The van der Waals surface area contributed by atoms with Crippen molar-refractivity contribution in [1.82, 2.24) is 5.32 Å². The van der Waals surface area contributed by atoms with Crippen LogP contribution in [0.1, 0.15) is 30.1 Å². The van der Waals surface area contributed by atoms with Crippen molar-refractivity contribution in [3.8, 4) is 0 Å². The summed E-state index contributed by atoms with van der Waals surface area (Å²) in [6.07, 6.45) is 1.78. The monoisotopic (exact) mass is 317 g/mol. The molecule has 0 bridgehead atoms. The van der Waals surface area contributed by atoms with Crippen LogP contribution in [-0.2, 0) is 0 Å². The molecule has 0 saturated carbocycles. The van der Waals surface area contributed by atoms with Gasteiger partial charge in [-0.05, 0) is 55.0 Å². The van der Waals surface area contributed by atoms with Crippen molar-refractivity contribution in [3.05, 3.63) is 66.0 Å². The molecule has 0 aromatic heterocycles. The molecule has 0 radical (unpaired) electrons. The molecule has 0 unspecified atom stereocenters. The van der Waals surface area contributed by atoms with Gasteiger partial charge in [0, 0.05) is 16.5 Å². The van der Waals surface area contributed by atoms with Crippen LogP contribution in [0.4, 0.5) is 4.39 Å². The fourth-order valence-electron chi connectivity index (χ4n) is 2.08. The predicted molar refractivity (Wildman–Crippen MR) is 89.7 cm³/mol. The second kappa shape index (κ2) is 8.59. The number of hydrogen-bond acceptors (Lipinski definition) is 2. The molecule has 0 fully saturated rings. The first-order valence-electron chi connectivity index (χ1n) is 7.43. The third kappa shape index (κ3) is 5.19. The number of halogens is 1. The van der Waals surface area contributed by atoms with Gasteiger partial charge >= 0.3 is 0 Å². The minimum Gasteiger partial charge on any atom is -0.349 e. The number of benzene rings is 2. The van der Waals surface area contributed by atoms with E-state index < -0.39 is 0 Å². The summed E-state index contributed by atoms with van der Waals surface area (Å²) in [4.78, 5) is 13.4. The average Bonchev–Trinajstić information content (AvgIpc) is 2.55. The predicted octanol–water partition coefficient (Wildman–Crippen LogP) is 4.52. The molecule has 0 aliphatic carbocycles. The molecule has 0 aliphatic rings. The van der Waals surface area contributed by atoms with E-state index in [1.165, 1.54) is 29.2 Å². The molecular weight excluding hydrogens is 297 g/mol. The first kappa shape index (κ1) is 16.6. The Bertz CT molecular complexity index is 586. The molecule has 4 heteroatoms. The SMILES string of the molecule is CC[C@H](CCSc1ccccc1)NC(=O)c1ccc(F)cc1. The number of carbonyl (C=O) groups excluding carboxylic acids is 1. The fraction of sp³-hybridized carbons (Fsp3) is 0.278. The number of thioether (sulfide) groups is 1. The van der Waals surface area contributed by atoms with Crippen molar-refractivity contribution >= 4 is 17.7 Å². The van der Waals surface area contributed by atoms with Crippen LogP contribution in [0.25, 0.3) is 0 Å². The zero-order valence-electron chi connectivity index (χ0n) is 12.6. The Morgan fingerprint density at radius 3 is 2.45 bits per heavy atom. The fourth-order valence-corrected chi connectivity index (χ4v) is 3.07. The number of hydrogen-bond donors (Lipinski definition) is 1. The molecule has 1 N–H and O–H groups in total. The average molecular weight is 317 g/mol. The van der Waals surface area contributed by atoms with Crippen molar-refractivity contribution in [2.45, 2.75) is 30.7 Å². The van der Waals surface area contributed by atoms with Crippen molar-refractivity contribution in [1.29, 1.82) is 0 Å². The van der Waals surface area contributed by atoms with E-state index in [9.17, 15) is 9.18 Å². The Hall–Kier alpha value is -1.81. The lowest BCUT2D eigenvalue weighted by Gasteiger charge is -2.16. The number of nitrogens with one attached hydrogen (secondary N) is 1. The molecule has 0 saturated heterocycles. The van der Waals surface area contributed by atoms with Gasteiger partial charge < -0.3 is 5.32 Å². The van der Waals surface area contributed by atoms with Gasteiger partial charge in [0.05, 0.1) is 0 Å². The molecular formula is C18H20FNOS. The summed E-state index contributed by atoms with van der Waals surface area (Å²) in [5.41, 5.74) is 0.496. The minimum absolute atomic E-state index is 0.133. The second-order valence-corrected chi connectivity index (χ2v) is 6.20. The highest BCUT2D eigenvalue weighted by Gasteiger charge is 2.12. The summed E-state index contributed by atoms with van der Waals surface area (Å²) in [6.45, 7) is 2.06. The topological polar surface area (TPSA) is 29.1 Å². The summed E-state index contributed by atoms with van der Waals surface area (Å²) in [7, 11) is 0. The van der Waals surface area contributed by atoms with E-state index in [-0.39, 0.29) is 17.8 Å². The zero-order chi connectivity index (χ0) is 15.8.